The average Bonchev–Trinajstić information content (AvgIpc) is 2.88. The molecular formula is C26H34Si. The van der Waals surface area contributed by atoms with Gasteiger partial charge in [-0.1, -0.05) is 117 Å². The van der Waals surface area contributed by atoms with E-state index in [4.69, 9.17) is 0 Å². The third-order valence-corrected chi connectivity index (χ3v) is 8.62. The Kier molecular flexibility index (Phi) is 5.41. The average molecular weight is 375 g/mol. The monoisotopic (exact) mass is 374 g/mol. The summed E-state index contributed by atoms with van der Waals surface area (Å²) in [6.07, 6.45) is 13.7. The van der Waals surface area contributed by atoms with Crippen LogP contribution >= 0.6 is 0 Å². The van der Waals surface area contributed by atoms with E-state index in [9.17, 15) is 0 Å². The van der Waals surface area contributed by atoms with E-state index in [0.717, 1.165) is 5.92 Å². The lowest BCUT2D eigenvalue weighted by atomic mass is 9.92. The van der Waals surface area contributed by atoms with E-state index in [-0.39, 0.29) is 0 Å². The van der Waals surface area contributed by atoms with Crippen LogP contribution in [0.5, 0.6) is 0 Å². The van der Waals surface area contributed by atoms with E-state index in [1.807, 2.05) is 0 Å². The lowest BCUT2D eigenvalue weighted by Gasteiger charge is -2.17. The first-order valence-corrected chi connectivity index (χ1v) is 14.4. The van der Waals surface area contributed by atoms with Gasteiger partial charge in [-0.15, -0.1) is 0 Å². The zero-order valence-corrected chi connectivity index (χ0v) is 18.4. The molecule has 0 atom stereocenters. The Morgan fingerprint density at radius 2 is 1.56 bits per heavy atom. The molecule has 0 nitrogen and oxygen atoms in total. The SMILES string of the molecule is C[Si](C)(C)c1ccc(-c2cccc3c2C=C(CC2CCCCCC2)C3)cc1. The molecule has 1 fully saturated rings. The quantitative estimate of drug-likeness (QED) is 0.392. The molecule has 0 aromatic heterocycles. The van der Waals surface area contributed by atoms with Gasteiger partial charge in [0.25, 0.3) is 0 Å². The molecule has 0 heterocycles. The van der Waals surface area contributed by atoms with E-state index in [2.05, 4.69) is 68.2 Å². The van der Waals surface area contributed by atoms with Crippen LogP contribution in [0, 0.1) is 5.92 Å². The first-order chi connectivity index (χ1) is 13.0. The van der Waals surface area contributed by atoms with Gasteiger partial charge in [0.05, 0.1) is 8.07 Å². The van der Waals surface area contributed by atoms with Gasteiger partial charge < -0.3 is 0 Å². The topological polar surface area (TPSA) is 0 Å². The largest absolute Gasteiger partial charge is 0.0775 e. The minimum absolute atomic E-state index is 0.924. The van der Waals surface area contributed by atoms with Crippen LogP contribution in [0.3, 0.4) is 0 Å². The van der Waals surface area contributed by atoms with E-state index in [0.29, 0.717) is 0 Å². The summed E-state index contributed by atoms with van der Waals surface area (Å²) >= 11 is 0. The highest BCUT2D eigenvalue weighted by molar-refractivity contribution is 6.88. The van der Waals surface area contributed by atoms with Crippen LogP contribution in [0.2, 0.25) is 19.6 Å². The minimum Gasteiger partial charge on any atom is -0.0656 e. The fraction of sp³-hybridized carbons (Fsp3) is 0.462. The standard InChI is InChI=1S/C26H34Si/c1-27(2,3)24-15-13-22(14-16-24)25-12-8-11-23-18-21(19-26(23)25)17-20-9-6-4-5-7-10-20/h8,11-16,19-20H,4-7,9-10,17-18H2,1-3H3. The van der Waals surface area contributed by atoms with Crippen molar-refractivity contribution in [1.82, 2.24) is 0 Å². The molecule has 0 saturated heterocycles. The lowest BCUT2D eigenvalue weighted by molar-refractivity contribution is 0.455. The summed E-state index contributed by atoms with van der Waals surface area (Å²) in [7, 11) is -1.23. The number of rotatable bonds is 4. The summed E-state index contributed by atoms with van der Waals surface area (Å²) < 4.78 is 0. The molecule has 27 heavy (non-hydrogen) atoms. The van der Waals surface area contributed by atoms with Gasteiger partial charge in [-0.05, 0) is 41.0 Å². The number of hydrogen-bond acceptors (Lipinski definition) is 0. The molecule has 2 aliphatic rings. The van der Waals surface area contributed by atoms with Crippen molar-refractivity contribution in [3.63, 3.8) is 0 Å². The first kappa shape index (κ1) is 18.7. The molecular weight excluding hydrogens is 340 g/mol. The maximum Gasteiger partial charge on any atom is 0.0775 e. The third-order valence-electron chi connectivity index (χ3n) is 6.55. The Balaban J connectivity index is 1.57. The molecule has 0 radical (unpaired) electrons. The van der Waals surface area contributed by atoms with Gasteiger partial charge >= 0.3 is 0 Å². The molecule has 0 bridgehead atoms. The summed E-state index contributed by atoms with van der Waals surface area (Å²) in [5.74, 6) is 0.924. The predicted octanol–water partition coefficient (Wildman–Crippen LogP) is 7.20. The smallest absolute Gasteiger partial charge is 0.0656 e. The van der Waals surface area contributed by atoms with Crippen LogP contribution in [-0.2, 0) is 6.42 Å². The number of fused-ring (bicyclic) bond motifs is 1. The Labute approximate surface area is 166 Å². The Hall–Kier alpha value is -1.60. The number of benzene rings is 2. The minimum atomic E-state index is -1.23. The second kappa shape index (κ2) is 7.79. The molecule has 2 aliphatic carbocycles. The summed E-state index contributed by atoms with van der Waals surface area (Å²) in [6, 6.07) is 16.3. The van der Waals surface area contributed by atoms with Crippen molar-refractivity contribution in [3.8, 4) is 11.1 Å². The fourth-order valence-electron chi connectivity index (χ4n) is 4.91. The zero-order valence-electron chi connectivity index (χ0n) is 17.4. The van der Waals surface area contributed by atoms with Gasteiger partial charge in [0.1, 0.15) is 0 Å². The number of hydrogen-bond donors (Lipinski definition) is 0. The highest BCUT2D eigenvalue weighted by atomic mass is 28.3. The highest BCUT2D eigenvalue weighted by Gasteiger charge is 2.21. The molecule has 0 N–H and O–H groups in total. The molecule has 0 amide bonds. The van der Waals surface area contributed by atoms with Crippen LogP contribution in [0.25, 0.3) is 17.2 Å². The maximum atomic E-state index is 2.53. The molecule has 2 aromatic carbocycles. The van der Waals surface area contributed by atoms with Crippen LogP contribution in [-0.4, -0.2) is 8.07 Å². The van der Waals surface area contributed by atoms with E-state index < -0.39 is 8.07 Å². The molecule has 0 unspecified atom stereocenters. The van der Waals surface area contributed by atoms with Gasteiger partial charge in [-0.2, -0.15) is 0 Å². The Morgan fingerprint density at radius 3 is 2.22 bits per heavy atom. The van der Waals surface area contributed by atoms with Gasteiger partial charge in [-0.3, -0.25) is 0 Å². The summed E-state index contributed by atoms with van der Waals surface area (Å²) in [6.45, 7) is 7.26. The lowest BCUT2D eigenvalue weighted by Crippen LogP contribution is -2.37. The summed E-state index contributed by atoms with van der Waals surface area (Å²) in [5.41, 5.74) is 7.49. The van der Waals surface area contributed by atoms with Crippen molar-refractivity contribution in [2.75, 3.05) is 0 Å². The maximum absolute atomic E-state index is 2.53. The molecule has 1 saturated carbocycles. The second-order valence-corrected chi connectivity index (χ2v) is 14.8. The van der Waals surface area contributed by atoms with Crippen LogP contribution in [0.1, 0.15) is 56.1 Å². The van der Waals surface area contributed by atoms with Crippen molar-refractivity contribution >= 4 is 19.3 Å². The fourth-order valence-corrected chi connectivity index (χ4v) is 6.08. The molecule has 142 valence electrons. The van der Waals surface area contributed by atoms with Crippen molar-refractivity contribution in [2.24, 2.45) is 5.92 Å². The molecule has 1 heteroatoms. The predicted molar refractivity (Wildman–Crippen MR) is 122 cm³/mol. The third kappa shape index (κ3) is 4.29. The van der Waals surface area contributed by atoms with Gasteiger partial charge in [0, 0.05) is 0 Å². The second-order valence-electron chi connectivity index (χ2n) is 9.75. The van der Waals surface area contributed by atoms with E-state index >= 15 is 0 Å². The normalized spacial score (nSPS) is 18.1. The summed E-state index contributed by atoms with van der Waals surface area (Å²) in [5, 5.41) is 1.54. The molecule has 4 rings (SSSR count). The summed E-state index contributed by atoms with van der Waals surface area (Å²) in [4.78, 5) is 0. The Bertz CT molecular complexity index is 812. The van der Waals surface area contributed by atoms with Crippen molar-refractivity contribution in [3.05, 3.63) is 59.2 Å². The van der Waals surface area contributed by atoms with Crippen molar-refractivity contribution in [2.45, 2.75) is 71.0 Å². The van der Waals surface area contributed by atoms with Gasteiger partial charge in [-0.25, -0.2) is 0 Å². The van der Waals surface area contributed by atoms with E-state index in [1.54, 1.807) is 10.8 Å². The first-order valence-electron chi connectivity index (χ1n) is 10.9. The Morgan fingerprint density at radius 1 is 0.852 bits per heavy atom. The molecule has 0 aliphatic heterocycles. The molecule has 2 aromatic rings. The van der Waals surface area contributed by atoms with Crippen LogP contribution in [0.4, 0.5) is 0 Å². The van der Waals surface area contributed by atoms with E-state index in [1.165, 1.54) is 73.6 Å². The van der Waals surface area contributed by atoms with Gasteiger partial charge in [0.15, 0.2) is 0 Å². The van der Waals surface area contributed by atoms with Crippen molar-refractivity contribution in [1.29, 1.82) is 0 Å². The highest BCUT2D eigenvalue weighted by Crippen LogP contribution is 2.38. The molecule has 0 spiro atoms. The van der Waals surface area contributed by atoms with Crippen molar-refractivity contribution < 1.29 is 0 Å². The van der Waals surface area contributed by atoms with Gasteiger partial charge in [0.2, 0.25) is 0 Å². The number of allylic oxidation sites excluding steroid dienone is 1. The van der Waals surface area contributed by atoms with Crippen LogP contribution < -0.4 is 5.19 Å². The van der Waals surface area contributed by atoms with Crippen LogP contribution in [0.15, 0.2) is 48.0 Å². The zero-order chi connectivity index (χ0) is 18.9.